The molecule has 1 aromatic heterocycles. The van der Waals surface area contributed by atoms with Gasteiger partial charge in [0.25, 0.3) is 0 Å². The molecule has 3 nitrogen and oxygen atoms in total. The van der Waals surface area contributed by atoms with Crippen molar-refractivity contribution in [3.8, 4) is 5.75 Å². The Morgan fingerprint density at radius 3 is 3.00 bits per heavy atom. The second-order valence-corrected chi connectivity index (χ2v) is 4.73. The Morgan fingerprint density at radius 2 is 2.38 bits per heavy atom. The summed E-state index contributed by atoms with van der Waals surface area (Å²) in [5.74, 6) is 0.663. The van der Waals surface area contributed by atoms with Gasteiger partial charge < -0.3 is 10.1 Å². The van der Waals surface area contributed by atoms with E-state index >= 15 is 0 Å². The van der Waals surface area contributed by atoms with E-state index in [1.165, 1.54) is 6.42 Å². The van der Waals surface area contributed by atoms with Gasteiger partial charge >= 0.3 is 0 Å². The average molecular weight is 261 g/mol. The molecule has 88 valence electrons. The SMILES string of the molecule is CC(Oc1cnc(Cl)c(Cl)c1)[C@H]1CCCN1. The van der Waals surface area contributed by atoms with E-state index in [1.807, 2.05) is 6.92 Å². The number of rotatable bonds is 3. The Bertz CT molecular complexity index is 367. The van der Waals surface area contributed by atoms with Gasteiger partial charge in [0, 0.05) is 12.1 Å². The number of hydrogen-bond donors (Lipinski definition) is 1. The summed E-state index contributed by atoms with van der Waals surface area (Å²) < 4.78 is 5.77. The minimum absolute atomic E-state index is 0.113. The van der Waals surface area contributed by atoms with Crippen molar-refractivity contribution in [3.63, 3.8) is 0 Å². The molecule has 0 bridgehead atoms. The predicted octanol–water partition coefficient (Wildman–Crippen LogP) is 2.91. The molecule has 1 saturated heterocycles. The third-order valence-electron chi connectivity index (χ3n) is 2.76. The fourth-order valence-corrected chi connectivity index (χ4v) is 2.14. The highest BCUT2D eigenvalue weighted by atomic mass is 35.5. The minimum atomic E-state index is 0.113. The normalized spacial score (nSPS) is 22.1. The van der Waals surface area contributed by atoms with Gasteiger partial charge in [-0.2, -0.15) is 0 Å². The summed E-state index contributed by atoms with van der Waals surface area (Å²) in [6.07, 6.45) is 4.06. The number of hydrogen-bond acceptors (Lipinski definition) is 3. The van der Waals surface area contributed by atoms with Gasteiger partial charge in [0.15, 0.2) is 0 Å². The van der Waals surface area contributed by atoms with Crippen molar-refractivity contribution in [1.82, 2.24) is 10.3 Å². The summed E-state index contributed by atoms with van der Waals surface area (Å²) in [6.45, 7) is 3.11. The van der Waals surface area contributed by atoms with E-state index in [0.717, 1.165) is 13.0 Å². The Labute approximate surface area is 105 Å². The van der Waals surface area contributed by atoms with Gasteiger partial charge in [-0.05, 0) is 26.3 Å². The van der Waals surface area contributed by atoms with Gasteiger partial charge in [-0.3, -0.25) is 0 Å². The van der Waals surface area contributed by atoms with E-state index in [-0.39, 0.29) is 6.10 Å². The molecule has 0 radical (unpaired) electrons. The lowest BCUT2D eigenvalue weighted by Crippen LogP contribution is -2.36. The van der Waals surface area contributed by atoms with E-state index < -0.39 is 0 Å². The number of pyridine rings is 1. The van der Waals surface area contributed by atoms with Crippen LogP contribution in [0.15, 0.2) is 12.3 Å². The first-order valence-corrected chi connectivity index (χ1v) is 6.13. The van der Waals surface area contributed by atoms with Crippen LogP contribution >= 0.6 is 23.2 Å². The van der Waals surface area contributed by atoms with Gasteiger partial charge in [-0.1, -0.05) is 23.2 Å². The topological polar surface area (TPSA) is 34.1 Å². The third kappa shape index (κ3) is 2.78. The zero-order valence-electron chi connectivity index (χ0n) is 9.04. The highest BCUT2D eigenvalue weighted by molar-refractivity contribution is 6.41. The monoisotopic (exact) mass is 260 g/mol. The Balaban J connectivity index is 1.99. The molecular weight excluding hydrogens is 247 g/mol. The highest BCUT2D eigenvalue weighted by Gasteiger charge is 2.22. The first-order chi connectivity index (χ1) is 7.66. The molecule has 0 aliphatic carbocycles. The van der Waals surface area contributed by atoms with Crippen LogP contribution in [0.1, 0.15) is 19.8 Å². The largest absolute Gasteiger partial charge is 0.487 e. The fourth-order valence-electron chi connectivity index (χ4n) is 1.88. The first-order valence-electron chi connectivity index (χ1n) is 5.38. The lowest BCUT2D eigenvalue weighted by Gasteiger charge is -2.21. The van der Waals surface area contributed by atoms with Crippen molar-refractivity contribution in [2.75, 3.05) is 6.54 Å². The lowest BCUT2D eigenvalue weighted by molar-refractivity contribution is 0.179. The van der Waals surface area contributed by atoms with E-state index in [2.05, 4.69) is 10.3 Å². The molecule has 2 rings (SSSR count). The van der Waals surface area contributed by atoms with Gasteiger partial charge in [-0.15, -0.1) is 0 Å². The quantitative estimate of drug-likeness (QED) is 0.849. The highest BCUT2D eigenvalue weighted by Crippen LogP contribution is 2.25. The Hall–Kier alpha value is -0.510. The molecule has 0 aromatic carbocycles. The summed E-state index contributed by atoms with van der Waals surface area (Å²) in [6, 6.07) is 2.11. The molecular formula is C11H14Cl2N2O. The van der Waals surface area contributed by atoms with E-state index in [9.17, 15) is 0 Å². The third-order valence-corrected chi connectivity index (χ3v) is 3.44. The van der Waals surface area contributed by atoms with Crippen LogP contribution < -0.4 is 10.1 Å². The molecule has 1 aromatic rings. The molecule has 1 aliphatic rings. The van der Waals surface area contributed by atoms with Crippen molar-refractivity contribution in [1.29, 1.82) is 0 Å². The maximum atomic E-state index is 5.87. The molecule has 1 unspecified atom stereocenters. The van der Waals surface area contributed by atoms with E-state index in [4.69, 9.17) is 27.9 Å². The average Bonchev–Trinajstić information content (AvgIpc) is 2.77. The number of nitrogens with one attached hydrogen (secondary N) is 1. The van der Waals surface area contributed by atoms with Crippen LogP contribution in [0.4, 0.5) is 0 Å². The van der Waals surface area contributed by atoms with Gasteiger partial charge in [0.1, 0.15) is 17.0 Å². The summed E-state index contributed by atoms with van der Waals surface area (Å²) in [7, 11) is 0. The van der Waals surface area contributed by atoms with Crippen LogP contribution in [-0.2, 0) is 0 Å². The second-order valence-electron chi connectivity index (χ2n) is 3.97. The van der Waals surface area contributed by atoms with Crippen molar-refractivity contribution in [3.05, 3.63) is 22.4 Å². The molecule has 1 fully saturated rings. The molecule has 2 heterocycles. The van der Waals surface area contributed by atoms with Crippen LogP contribution in [0.25, 0.3) is 0 Å². The zero-order chi connectivity index (χ0) is 11.5. The molecule has 0 saturated carbocycles. The van der Waals surface area contributed by atoms with E-state index in [1.54, 1.807) is 12.3 Å². The number of nitrogens with zero attached hydrogens (tertiary/aromatic N) is 1. The van der Waals surface area contributed by atoms with Crippen molar-refractivity contribution < 1.29 is 4.74 Å². The minimum Gasteiger partial charge on any atom is -0.487 e. The predicted molar refractivity (Wildman–Crippen MR) is 65.4 cm³/mol. The Morgan fingerprint density at radius 1 is 1.56 bits per heavy atom. The standard InChI is InChI=1S/C11H14Cl2N2O/c1-7(10-3-2-4-14-10)16-8-5-9(12)11(13)15-6-8/h5-7,10,14H,2-4H2,1H3/t7?,10-/m1/s1. The lowest BCUT2D eigenvalue weighted by atomic mass is 10.1. The van der Waals surface area contributed by atoms with Crippen LogP contribution in [0, 0.1) is 0 Å². The van der Waals surface area contributed by atoms with E-state index in [0.29, 0.717) is 22.0 Å². The van der Waals surface area contributed by atoms with Crippen LogP contribution in [0.3, 0.4) is 0 Å². The molecule has 1 N–H and O–H groups in total. The first kappa shape index (κ1) is 12.0. The van der Waals surface area contributed by atoms with Crippen LogP contribution in [0.2, 0.25) is 10.2 Å². The van der Waals surface area contributed by atoms with Gasteiger partial charge in [-0.25, -0.2) is 4.98 Å². The Kier molecular flexibility index (Phi) is 3.90. The molecule has 5 heteroatoms. The van der Waals surface area contributed by atoms with Crippen LogP contribution in [-0.4, -0.2) is 23.7 Å². The molecule has 1 aliphatic heterocycles. The number of ether oxygens (including phenoxy) is 1. The summed E-state index contributed by atoms with van der Waals surface area (Å²) >= 11 is 11.6. The molecule has 16 heavy (non-hydrogen) atoms. The number of aromatic nitrogens is 1. The summed E-state index contributed by atoms with van der Waals surface area (Å²) in [5, 5.41) is 4.13. The smallest absolute Gasteiger partial charge is 0.147 e. The number of halogens is 2. The fraction of sp³-hybridized carbons (Fsp3) is 0.545. The van der Waals surface area contributed by atoms with Crippen LogP contribution in [0.5, 0.6) is 5.75 Å². The molecule has 0 spiro atoms. The second kappa shape index (κ2) is 5.21. The van der Waals surface area contributed by atoms with Gasteiger partial charge in [0.2, 0.25) is 0 Å². The zero-order valence-corrected chi connectivity index (χ0v) is 10.6. The molecule has 0 amide bonds. The van der Waals surface area contributed by atoms with Crippen molar-refractivity contribution >= 4 is 23.2 Å². The van der Waals surface area contributed by atoms with Gasteiger partial charge in [0.05, 0.1) is 11.2 Å². The maximum absolute atomic E-state index is 5.87. The summed E-state index contributed by atoms with van der Waals surface area (Å²) in [5.41, 5.74) is 0. The van der Waals surface area contributed by atoms with Crippen molar-refractivity contribution in [2.24, 2.45) is 0 Å². The van der Waals surface area contributed by atoms with Crippen molar-refractivity contribution in [2.45, 2.75) is 31.9 Å². The summed E-state index contributed by atoms with van der Waals surface area (Å²) in [4.78, 5) is 3.95. The molecule has 2 atom stereocenters. The maximum Gasteiger partial charge on any atom is 0.147 e.